The normalized spacial score (nSPS) is 18.8. The zero-order valence-electron chi connectivity index (χ0n) is 17.5. The van der Waals surface area contributed by atoms with Gasteiger partial charge in [0.2, 0.25) is 11.8 Å². The molecule has 1 fully saturated rings. The highest BCUT2D eigenvalue weighted by molar-refractivity contribution is 5.86. The summed E-state index contributed by atoms with van der Waals surface area (Å²) in [5, 5.41) is 3.08. The molecule has 0 aromatic heterocycles. The number of ether oxygens (including phenoxy) is 1. The minimum Gasteiger partial charge on any atom is -0.375 e. The number of hydrogen-bond donors (Lipinski definition) is 1. The first-order valence-electron chi connectivity index (χ1n) is 10.2. The minimum atomic E-state index is -0.622. The van der Waals surface area contributed by atoms with Crippen molar-refractivity contribution in [3.8, 4) is 11.1 Å². The monoisotopic (exact) mass is 394 g/mol. The van der Waals surface area contributed by atoms with Gasteiger partial charge < -0.3 is 15.0 Å². The quantitative estimate of drug-likeness (QED) is 0.784. The number of likely N-dealkylation sites (tertiary alicyclic amines) is 1. The fourth-order valence-corrected chi connectivity index (χ4v) is 4.01. The summed E-state index contributed by atoms with van der Waals surface area (Å²) in [6.45, 7) is 4.97. The van der Waals surface area contributed by atoms with E-state index in [0.29, 0.717) is 25.9 Å². The second-order valence-electron chi connectivity index (χ2n) is 8.15. The summed E-state index contributed by atoms with van der Waals surface area (Å²) in [4.78, 5) is 27.3. The molecule has 1 unspecified atom stereocenters. The summed E-state index contributed by atoms with van der Waals surface area (Å²) >= 11 is 0. The Hall–Kier alpha value is -2.66. The first-order valence-corrected chi connectivity index (χ1v) is 10.2. The van der Waals surface area contributed by atoms with Crippen molar-refractivity contribution in [1.29, 1.82) is 0 Å². The molecule has 1 aliphatic rings. The third-order valence-corrected chi connectivity index (χ3v) is 5.45. The van der Waals surface area contributed by atoms with Crippen LogP contribution in [0.4, 0.5) is 0 Å². The molecular weight excluding hydrogens is 364 g/mol. The Morgan fingerprint density at radius 2 is 1.83 bits per heavy atom. The van der Waals surface area contributed by atoms with Crippen LogP contribution in [0, 0.1) is 5.41 Å². The van der Waals surface area contributed by atoms with Gasteiger partial charge in [0, 0.05) is 26.2 Å². The molecule has 0 bridgehead atoms. The van der Waals surface area contributed by atoms with Crippen molar-refractivity contribution in [1.82, 2.24) is 10.2 Å². The molecule has 1 aliphatic heterocycles. The van der Waals surface area contributed by atoms with Gasteiger partial charge in [-0.1, -0.05) is 54.6 Å². The van der Waals surface area contributed by atoms with Crippen LogP contribution in [0.5, 0.6) is 0 Å². The van der Waals surface area contributed by atoms with Gasteiger partial charge in [-0.25, -0.2) is 0 Å². The predicted molar refractivity (Wildman–Crippen MR) is 114 cm³/mol. The van der Waals surface area contributed by atoms with Gasteiger partial charge in [-0.05, 0) is 43.4 Å². The van der Waals surface area contributed by atoms with E-state index in [1.54, 1.807) is 4.90 Å². The number of amides is 2. The van der Waals surface area contributed by atoms with E-state index in [0.717, 1.165) is 16.7 Å². The molecule has 29 heavy (non-hydrogen) atoms. The van der Waals surface area contributed by atoms with Crippen LogP contribution in [0.2, 0.25) is 0 Å². The van der Waals surface area contributed by atoms with E-state index in [-0.39, 0.29) is 24.5 Å². The van der Waals surface area contributed by atoms with E-state index in [4.69, 9.17) is 4.74 Å². The average molecular weight is 395 g/mol. The summed E-state index contributed by atoms with van der Waals surface area (Å²) < 4.78 is 5.00. The molecule has 0 spiro atoms. The van der Waals surface area contributed by atoms with Gasteiger partial charge in [-0.15, -0.1) is 0 Å². The Morgan fingerprint density at radius 1 is 1.10 bits per heavy atom. The minimum absolute atomic E-state index is 0.0188. The van der Waals surface area contributed by atoms with Crippen molar-refractivity contribution in [2.45, 2.75) is 32.7 Å². The van der Waals surface area contributed by atoms with Gasteiger partial charge in [0.15, 0.2) is 0 Å². The summed E-state index contributed by atoms with van der Waals surface area (Å²) in [5.74, 6) is -0.0462. The van der Waals surface area contributed by atoms with Crippen LogP contribution >= 0.6 is 0 Å². The third kappa shape index (κ3) is 5.04. The number of methoxy groups -OCH3 is 1. The Kier molecular flexibility index (Phi) is 6.70. The molecule has 0 aliphatic carbocycles. The standard InChI is InChI=1S/C24H30N2O3/c1-18(2)25-23(28)24(12-13-26(17-24)22(27)16-29-3)15-19-8-7-11-21(14-19)20-9-5-4-6-10-20/h4-11,14,18H,12-13,15-17H2,1-3H3,(H,25,28). The molecule has 2 amide bonds. The number of hydrogen-bond acceptors (Lipinski definition) is 3. The third-order valence-electron chi connectivity index (χ3n) is 5.45. The van der Waals surface area contributed by atoms with Gasteiger partial charge in [-0.3, -0.25) is 9.59 Å². The molecular formula is C24H30N2O3. The number of carbonyl (C=O) groups excluding carboxylic acids is 2. The first-order chi connectivity index (χ1) is 13.9. The Morgan fingerprint density at radius 3 is 2.52 bits per heavy atom. The van der Waals surface area contributed by atoms with Gasteiger partial charge in [0.05, 0.1) is 5.41 Å². The van der Waals surface area contributed by atoms with Crippen molar-refractivity contribution in [3.63, 3.8) is 0 Å². The highest BCUT2D eigenvalue weighted by Gasteiger charge is 2.46. The second kappa shape index (κ2) is 9.23. The van der Waals surface area contributed by atoms with Crippen LogP contribution < -0.4 is 5.32 Å². The number of carbonyl (C=O) groups is 2. The molecule has 3 rings (SSSR count). The lowest BCUT2D eigenvalue weighted by molar-refractivity contribution is -0.136. The Bertz CT molecular complexity index is 850. The summed E-state index contributed by atoms with van der Waals surface area (Å²) in [5.41, 5.74) is 2.76. The zero-order chi connectivity index (χ0) is 20.9. The summed E-state index contributed by atoms with van der Waals surface area (Å²) in [6, 6.07) is 18.6. The van der Waals surface area contributed by atoms with Gasteiger partial charge in [0.25, 0.3) is 0 Å². The van der Waals surface area contributed by atoms with Crippen molar-refractivity contribution in [3.05, 3.63) is 60.2 Å². The lowest BCUT2D eigenvalue weighted by Gasteiger charge is -2.29. The van der Waals surface area contributed by atoms with E-state index in [1.807, 2.05) is 38.1 Å². The number of rotatable bonds is 7. The van der Waals surface area contributed by atoms with E-state index in [9.17, 15) is 9.59 Å². The largest absolute Gasteiger partial charge is 0.375 e. The molecule has 1 N–H and O–H groups in total. The van der Waals surface area contributed by atoms with Crippen molar-refractivity contribution in [2.24, 2.45) is 5.41 Å². The van der Waals surface area contributed by atoms with Crippen LogP contribution in [0.25, 0.3) is 11.1 Å². The van der Waals surface area contributed by atoms with Crippen molar-refractivity contribution >= 4 is 11.8 Å². The molecule has 1 saturated heterocycles. The second-order valence-corrected chi connectivity index (χ2v) is 8.15. The SMILES string of the molecule is COCC(=O)N1CCC(Cc2cccc(-c3ccccc3)c2)(C(=O)NC(C)C)C1. The molecule has 0 saturated carbocycles. The molecule has 154 valence electrons. The topological polar surface area (TPSA) is 58.6 Å². The molecule has 5 nitrogen and oxygen atoms in total. The molecule has 5 heteroatoms. The number of nitrogens with one attached hydrogen (secondary N) is 1. The van der Waals surface area contributed by atoms with Crippen molar-refractivity contribution in [2.75, 3.05) is 26.8 Å². The highest BCUT2D eigenvalue weighted by Crippen LogP contribution is 2.36. The lowest BCUT2D eigenvalue weighted by Crippen LogP contribution is -2.47. The molecule has 0 radical (unpaired) electrons. The molecule has 2 aromatic carbocycles. The smallest absolute Gasteiger partial charge is 0.248 e. The maximum atomic E-state index is 13.2. The summed E-state index contributed by atoms with van der Waals surface area (Å²) in [6.07, 6.45) is 1.25. The number of nitrogens with zero attached hydrogens (tertiary/aromatic N) is 1. The Balaban J connectivity index is 1.86. The van der Waals surface area contributed by atoms with Gasteiger partial charge in [-0.2, -0.15) is 0 Å². The predicted octanol–water partition coefficient (Wildman–Crippen LogP) is 3.29. The fraction of sp³-hybridized carbons (Fsp3) is 0.417. The first kappa shape index (κ1) is 21.1. The van der Waals surface area contributed by atoms with Gasteiger partial charge in [0.1, 0.15) is 6.61 Å². The van der Waals surface area contributed by atoms with E-state index >= 15 is 0 Å². The van der Waals surface area contributed by atoms with Crippen LogP contribution in [0.3, 0.4) is 0 Å². The molecule has 2 aromatic rings. The molecule has 1 atom stereocenters. The zero-order valence-corrected chi connectivity index (χ0v) is 17.5. The maximum absolute atomic E-state index is 13.2. The van der Waals surface area contributed by atoms with E-state index < -0.39 is 5.41 Å². The van der Waals surface area contributed by atoms with Crippen LogP contribution in [-0.4, -0.2) is 49.6 Å². The van der Waals surface area contributed by atoms with E-state index in [1.165, 1.54) is 7.11 Å². The van der Waals surface area contributed by atoms with Crippen LogP contribution in [0.15, 0.2) is 54.6 Å². The summed E-state index contributed by atoms with van der Waals surface area (Å²) in [7, 11) is 1.52. The number of benzene rings is 2. The molecule has 1 heterocycles. The van der Waals surface area contributed by atoms with Crippen molar-refractivity contribution < 1.29 is 14.3 Å². The maximum Gasteiger partial charge on any atom is 0.248 e. The fourth-order valence-electron chi connectivity index (χ4n) is 4.01. The van der Waals surface area contributed by atoms with Crippen LogP contribution in [-0.2, 0) is 20.7 Å². The van der Waals surface area contributed by atoms with E-state index in [2.05, 4.69) is 35.6 Å². The lowest BCUT2D eigenvalue weighted by atomic mass is 9.79. The Labute approximate surface area is 173 Å². The van der Waals surface area contributed by atoms with Gasteiger partial charge >= 0.3 is 0 Å². The van der Waals surface area contributed by atoms with Crippen LogP contribution in [0.1, 0.15) is 25.8 Å². The average Bonchev–Trinajstić information content (AvgIpc) is 3.14. The highest BCUT2D eigenvalue weighted by atomic mass is 16.5.